The van der Waals surface area contributed by atoms with Gasteiger partial charge in [0.1, 0.15) is 16.8 Å². The lowest BCUT2D eigenvalue weighted by atomic mass is 10.3. The Bertz CT molecular complexity index is 1340. The van der Waals surface area contributed by atoms with E-state index in [9.17, 15) is 19.5 Å². The van der Waals surface area contributed by atoms with Crippen molar-refractivity contribution in [3.8, 4) is 16.6 Å². The van der Waals surface area contributed by atoms with Crippen LogP contribution in [0.5, 0.6) is 0 Å². The van der Waals surface area contributed by atoms with Crippen LogP contribution in [0.1, 0.15) is 11.3 Å². The number of anilines is 1. The van der Waals surface area contributed by atoms with Crippen LogP contribution in [0.3, 0.4) is 0 Å². The van der Waals surface area contributed by atoms with Crippen LogP contribution in [0.2, 0.25) is 0 Å². The minimum absolute atomic E-state index is 0.204. The van der Waals surface area contributed by atoms with Crippen molar-refractivity contribution in [2.24, 2.45) is 5.92 Å². The van der Waals surface area contributed by atoms with Crippen molar-refractivity contribution in [1.82, 2.24) is 19.9 Å². The molecule has 0 spiro atoms. The number of nitrogens with one attached hydrogen (secondary N) is 1. The summed E-state index contributed by atoms with van der Waals surface area (Å²) in [6.07, 6.45) is 2.52. The first kappa shape index (κ1) is 19.3. The average Bonchev–Trinajstić information content (AvgIpc) is 3.10. The first-order chi connectivity index (χ1) is 14.9. The second-order valence-electron chi connectivity index (χ2n) is 6.87. The number of amides is 3. The van der Waals surface area contributed by atoms with Crippen LogP contribution in [-0.4, -0.2) is 43.0 Å². The number of rotatable bonds is 4. The number of fused-ring (bicyclic) bond motifs is 1. The molecule has 31 heavy (non-hydrogen) atoms. The minimum atomic E-state index is -1.16. The summed E-state index contributed by atoms with van der Waals surface area (Å²) in [5.41, 5.74) is 1.00. The fraction of sp³-hybridized carbons (Fsp3) is 0.158. The summed E-state index contributed by atoms with van der Waals surface area (Å²) in [7, 11) is 0. The number of aromatic nitrogens is 3. The molecule has 4 heterocycles. The monoisotopic (exact) mass is 452 g/mol. The van der Waals surface area contributed by atoms with Crippen molar-refractivity contribution in [2.45, 2.75) is 12.5 Å². The molecule has 10 nitrogen and oxygen atoms in total. The number of nitrogens with zero attached hydrogens (tertiary/aromatic N) is 5. The zero-order valence-electron chi connectivity index (χ0n) is 15.6. The highest BCUT2D eigenvalue weighted by atomic mass is 32.2. The van der Waals surface area contributed by atoms with E-state index in [4.69, 9.17) is 5.26 Å². The fourth-order valence-electron chi connectivity index (χ4n) is 3.45. The summed E-state index contributed by atoms with van der Waals surface area (Å²) < 4.78 is 1.44. The summed E-state index contributed by atoms with van der Waals surface area (Å²) in [5, 5.41) is 25.0. The molecule has 2 N–H and O–H groups in total. The standard InChI is InChI=1S/C19H12N6O4S2/c20-8-10-1-2-13(30-10)11-7-16(25-15(22-11)3-4-21-25)24(19(28)29)12-5-9(12)6-14-17(26)23-18(27)31-14/h1-4,6-7,9,12H,5H2,(H,28,29)(H,23,26,27). The number of carboxylic acid groups (broad SMARTS) is 1. The van der Waals surface area contributed by atoms with E-state index in [1.54, 1.807) is 30.3 Å². The van der Waals surface area contributed by atoms with Crippen molar-refractivity contribution in [3.63, 3.8) is 0 Å². The van der Waals surface area contributed by atoms with Crippen molar-refractivity contribution >= 4 is 51.8 Å². The van der Waals surface area contributed by atoms with Crippen molar-refractivity contribution < 1.29 is 19.5 Å². The molecule has 0 radical (unpaired) electrons. The third-order valence-corrected chi connectivity index (χ3v) is 6.75. The number of carbonyl (C=O) groups is 3. The molecule has 3 aromatic rings. The minimum Gasteiger partial charge on any atom is -0.465 e. The zero-order valence-corrected chi connectivity index (χ0v) is 17.2. The molecule has 12 heteroatoms. The maximum Gasteiger partial charge on any atom is 0.413 e. The molecule has 1 saturated heterocycles. The van der Waals surface area contributed by atoms with Crippen LogP contribution < -0.4 is 10.2 Å². The van der Waals surface area contributed by atoms with Crippen LogP contribution >= 0.6 is 23.1 Å². The molecule has 0 bridgehead atoms. The normalized spacial score (nSPS) is 21.3. The van der Waals surface area contributed by atoms with E-state index < -0.39 is 23.3 Å². The van der Waals surface area contributed by atoms with E-state index >= 15 is 0 Å². The lowest BCUT2D eigenvalue weighted by molar-refractivity contribution is -0.115. The van der Waals surface area contributed by atoms with Crippen LogP contribution in [0.4, 0.5) is 15.4 Å². The van der Waals surface area contributed by atoms with E-state index in [0.717, 1.165) is 16.6 Å². The van der Waals surface area contributed by atoms with Gasteiger partial charge < -0.3 is 5.11 Å². The topological polar surface area (TPSA) is 141 Å². The van der Waals surface area contributed by atoms with Gasteiger partial charge in [0.05, 0.1) is 21.7 Å². The van der Waals surface area contributed by atoms with Crippen LogP contribution in [0, 0.1) is 17.2 Å². The van der Waals surface area contributed by atoms with E-state index in [1.165, 1.54) is 26.9 Å². The van der Waals surface area contributed by atoms with Gasteiger partial charge in [-0.05, 0) is 30.3 Å². The number of hydrogen-bond acceptors (Lipinski definition) is 8. The number of imide groups is 1. The molecule has 2 atom stereocenters. The quantitative estimate of drug-likeness (QED) is 0.576. The second kappa shape index (κ2) is 7.22. The van der Waals surface area contributed by atoms with Gasteiger partial charge in [-0.2, -0.15) is 14.9 Å². The van der Waals surface area contributed by atoms with Gasteiger partial charge >= 0.3 is 6.09 Å². The number of carbonyl (C=O) groups excluding carboxylic acids is 2. The fourth-order valence-corrected chi connectivity index (χ4v) is 4.94. The summed E-state index contributed by atoms with van der Waals surface area (Å²) in [6, 6.07) is 8.43. The molecular weight excluding hydrogens is 440 g/mol. The first-order valence-electron chi connectivity index (χ1n) is 9.07. The predicted molar refractivity (Wildman–Crippen MR) is 113 cm³/mol. The molecule has 1 aliphatic heterocycles. The smallest absolute Gasteiger partial charge is 0.413 e. The predicted octanol–water partition coefficient (Wildman–Crippen LogP) is 3.07. The van der Waals surface area contributed by atoms with Gasteiger partial charge in [0.15, 0.2) is 5.65 Å². The van der Waals surface area contributed by atoms with Crippen LogP contribution in [0.15, 0.2) is 41.4 Å². The maximum atomic E-state index is 12.2. The highest BCUT2D eigenvalue weighted by Gasteiger charge is 2.46. The molecule has 3 aromatic heterocycles. The molecule has 154 valence electrons. The highest BCUT2D eigenvalue weighted by molar-refractivity contribution is 8.18. The molecule has 2 unspecified atom stereocenters. The van der Waals surface area contributed by atoms with E-state index in [0.29, 0.717) is 28.5 Å². The third kappa shape index (κ3) is 3.43. The summed E-state index contributed by atoms with van der Waals surface area (Å²) in [6.45, 7) is 0. The van der Waals surface area contributed by atoms with Gasteiger partial charge in [-0.15, -0.1) is 11.3 Å². The molecular formula is C19H12N6O4S2. The molecule has 5 rings (SSSR count). The van der Waals surface area contributed by atoms with Gasteiger partial charge in [-0.25, -0.2) is 9.78 Å². The van der Waals surface area contributed by atoms with Crippen LogP contribution in [-0.2, 0) is 4.79 Å². The molecule has 0 aromatic carbocycles. The number of thiophene rings is 1. The summed E-state index contributed by atoms with van der Waals surface area (Å²) >= 11 is 2.08. The van der Waals surface area contributed by atoms with E-state index in [-0.39, 0.29) is 10.8 Å². The Labute approximate surface area is 182 Å². The Kier molecular flexibility index (Phi) is 4.49. The van der Waals surface area contributed by atoms with Gasteiger partial charge in [-0.3, -0.25) is 19.8 Å². The van der Waals surface area contributed by atoms with Gasteiger partial charge in [0.25, 0.3) is 11.1 Å². The highest BCUT2D eigenvalue weighted by Crippen LogP contribution is 2.42. The molecule has 2 fully saturated rings. The first-order valence-corrected chi connectivity index (χ1v) is 10.7. The van der Waals surface area contributed by atoms with Crippen molar-refractivity contribution in [3.05, 3.63) is 46.3 Å². The Morgan fingerprint density at radius 2 is 2.23 bits per heavy atom. The van der Waals surface area contributed by atoms with Crippen molar-refractivity contribution in [1.29, 1.82) is 5.26 Å². The van der Waals surface area contributed by atoms with Crippen molar-refractivity contribution in [2.75, 3.05) is 4.90 Å². The molecule has 1 aliphatic carbocycles. The van der Waals surface area contributed by atoms with Crippen LogP contribution in [0.25, 0.3) is 16.2 Å². The Morgan fingerprint density at radius 1 is 1.39 bits per heavy atom. The number of thioether (sulfide) groups is 1. The molecule has 3 amide bonds. The van der Waals surface area contributed by atoms with Gasteiger partial charge in [0.2, 0.25) is 0 Å². The third-order valence-electron chi connectivity index (χ3n) is 4.91. The zero-order chi connectivity index (χ0) is 21.7. The lowest BCUT2D eigenvalue weighted by Gasteiger charge is -2.20. The summed E-state index contributed by atoms with van der Waals surface area (Å²) in [4.78, 5) is 42.7. The SMILES string of the molecule is N#Cc1ccc(-c2cc(N(C(=O)O)C3CC3C=C3SC(=O)NC3=O)n3nccc3n2)s1. The molecule has 1 saturated carbocycles. The Hall–Kier alpha value is -3.69. The summed E-state index contributed by atoms with van der Waals surface area (Å²) in [5.74, 6) is -0.353. The maximum absolute atomic E-state index is 12.2. The largest absolute Gasteiger partial charge is 0.465 e. The van der Waals surface area contributed by atoms with E-state index in [1.807, 2.05) is 0 Å². The van der Waals surface area contributed by atoms with Gasteiger partial charge in [-0.1, -0.05) is 6.08 Å². The van der Waals surface area contributed by atoms with Gasteiger partial charge in [0, 0.05) is 24.1 Å². The number of nitriles is 1. The number of hydrogen-bond donors (Lipinski definition) is 2. The lowest BCUT2D eigenvalue weighted by Crippen LogP contribution is -2.34. The Morgan fingerprint density at radius 3 is 2.90 bits per heavy atom. The second-order valence-corrected chi connectivity index (χ2v) is 8.97. The molecule has 2 aliphatic rings. The average molecular weight is 452 g/mol. The van der Waals surface area contributed by atoms with E-state index in [2.05, 4.69) is 21.5 Å². The Balaban J connectivity index is 1.53.